The van der Waals surface area contributed by atoms with Crippen molar-refractivity contribution in [1.82, 2.24) is 0 Å². The molecular weight excluding hydrogens is 292 g/mol. The van der Waals surface area contributed by atoms with E-state index in [1.807, 2.05) is 36.9 Å². The second kappa shape index (κ2) is 8.16. The van der Waals surface area contributed by atoms with E-state index in [-0.39, 0.29) is 0 Å². The Morgan fingerprint density at radius 2 is 1.86 bits per heavy atom. The van der Waals surface area contributed by atoms with Crippen molar-refractivity contribution in [2.24, 2.45) is 0 Å². The van der Waals surface area contributed by atoms with E-state index >= 15 is 0 Å². The predicted molar refractivity (Wildman–Crippen MR) is 94.0 cm³/mol. The molecule has 0 unspecified atom stereocenters. The van der Waals surface area contributed by atoms with Gasteiger partial charge in [-0.1, -0.05) is 18.2 Å². The van der Waals surface area contributed by atoms with Crippen LogP contribution in [-0.4, -0.2) is 25.3 Å². The Morgan fingerprint density at radius 3 is 2.50 bits per heavy atom. The molecule has 0 aliphatic heterocycles. The molecule has 2 aromatic rings. The lowest BCUT2D eigenvalue weighted by atomic mass is 9.95. The first kappa shape index (κ1) is 16.8. The molecule has 116 valence electrons. The maximum atomic E-state index is 11.0. The topological polar surface area (TPSA) is 26.3 Å². The first-order chi connectivity index (χ1) is 10.7. The summed E-state index contributed by atoms with van der Waals surface area (Å²) in [4.78, 5) is 12.2. The van der Waals surface area contributed by atoms with E-state index < -0.39 is 0 Å². The summed E-state index contributed by atoms with van der Waals surface area (Å²) >= 11 is 1.82. The van der Waals surface area contributed by atoms with Gasteiger partial charge in [-0.05, 0) is 61.2 Å². The first-order valence-corrected chi connectivity index (χ1v) is 8.51. The molecule has 22 heavy (non-hydrogen) atoms. The van der Waals surface area contributed by atoms with Crippen molar-refractivity contribution in [2.45, 2.75) is 25.7 Å². The van der Waals surface area contributed by atoms with Crippen molar-refractivity contribution in [3.63, 3.8) is 0 Å². The van der Waals surface area contributed by atoms with E-state index in [0.717, 1.165) is 30.8 Å². The van der Waals surface area contributed by atoms with Crippen LogP contribution in [0.4, 0.5) is 0 Å². The van der Waals surface area contributed by atoms with Crippen LogP contribution < -0.4 is 0 Å². The van der Waals surface area contributed by atoms with E-state index in [2.05, 4.69) is 32.0 Å². The van der Waals surface area contributed by atoms with Gasteiger partial charge in [-0.3, -0.25) is 4.79 Å². The average molecular weight is 314 g/mol. The van der Waals surface area contributed by atoms with Gasteiger partial charge in [0, 0.05) is 22.8 Å². The Bertz CT molecular complexity index is 627. The third-order valence-electron chi connectivity index (χ3n) is 3.52. The molecule has 0 heterocycles. The smallest absolute Gasteiger partial charge is 0.150 e. The van der Waals surface area contributed by atoms with Crippen molar-refractivity contribution in [1.29, 1.82) is 0 Å². The van der Waals surface area contributed by atoms with Crippen molar-refractivity contribution < 1.29 is 9.53 Å². The quantitative estimate of drug-likeness (QED) is 0.412. The maximum absolute atomic E-state index is 11.0. The minimum Gasteiger partial charge on any atom is -0.381 e. The Labute approximate surface area is 136 Å². The number of rotatable bonds is 7. The number of hydrogen-bond acceptors (Lipinski definition) is 3. The van der Waals surface area contributed by atoms with Gasteiger partial charge >= 0.3 is 0 Å². The summed E-state index contributed by atoms with van der Waals surface area (Å²) in [6.07, 6.45) is 0.895. The molecule has 0 aliphatic carbocycles. The number of ether oxygens (including phenoxy) is 1. The predicted octanol–water partition coefficient (Wildman–Crippen LogP) is 4.91. The molecule has 0 radical (unpaired) electrons. The van der Waals surface area contributed by atoms with E-state index in [1.165, 1.54) is 21.6 Å². The Morgan fingerprint density at radius 1 is 1.14 bits per heavy atom. The zero-order chi connectivity index (χ0) is 15.9. The highest BCUT2D eigenvalue weighted by Gasteiger charge is 2.08. The van der Waals surface area contributed by atoms with Crippen LogP contribution in [0.25, 0.3) is 11.1 Å². The third-order valence-corrected chi connectivity index (χ3v) is 4.46. The highest BCUT2D eigenvalue weighted by molar-refractivity contribution is 7.99. The zero-order valence-electron chi connectivity index (χ0n) is 13.4. The minimum absolute atomic E-state index is 0.714. The highest BCUT2D eigenvalue weighted by Crippen LogP contribution is 2.32. The lowest BCUT2D eigenvalue weighted by Crippen LogP contribution is -1.96. The number of aryl methyl sites for hydroxylation is 2. The van der Waals surface area contributed by atoms with Crippen LogP contribution in [0.2, 0.25) is 0 Å². The van der Waals surface area contributed by atoms with Crippen LogP contribution in [0.1, 0.15) is 28.4 Å². The van der Waals surface area contributed by atoms with Crippen molar-refractivity contribution in [3.8, 4) is 11.1 Å². The minimum atomic E-state index is 0.714. The van der Waals surface area contributed by atoms with Gasteiger partial charge in [0.05, 0.1) is 6.61 Å². The summed E-state index contributed by atoms with van der Waals surface area (Å²) in [5, 5.41) is 0. The molecule has 0 spiro atoms. The van der Waals surface area contributed by atoms with Crippen molar-refractivity contribution in [2.75, 3.05) is 19.0 Å². The normalized spacial score (nSPS) is 10.7. The first-order valence-electron chi connectivity index (χ1n) is 7.53. The molecule has 0 bridgehead atoms. The van der Waals surface area contributed by atoms with Crippen molar-refractivity contribution in [3.05, 3.63) is 53.1 Å². The molecule has 0 fully saturated rings. The molecule has 0 aromatic heterocycles. The Kier molecular flexibility index (Phi) is 6.22. The molecule has 0 atom stereocenters. The lowest BCUT2D eigenvalue weighted by molar-refractivity contribution is 0.112. The summed E-state index contributed by atoms with van der Waals surface area (Å²) in [7, 11) is 0. The molecule has 0 saturated heterocycles. The van der Waals surface area contributed by atoms with Crippen LogP contribution in [0.5, 0.6) is 0 Å². The van der Waals surface area contributed by atoms with E-state index in [9.17, 15) is 4.79 Å². The monoisotopic (exact) mass is 314 g/mol. The summed E-state index contributed by atoms with van der Waals surface area (Å²) in [6.45, 7) is 7.82. The van der Waals surface area contributed by atoms with Gasteiger partial charge in [-0.25, -0.2) is 0 Å². The number of carbonyl (C=O) groups is 1. The van der Waals surface area contributed by atoms with E-state index in [1.54, 1.807) is 0 Å². The molecule has 3 heteroatoms. The van der Waals surface area contributed by atoms with Gasteiger partial charge in [-0.2, -0.15) is 0 Å². The highest BCUT2D eigenvalue weighted by atomic mass is 32.2. The van der Waals surface area contributed by atoms with Gasteiger partial charge in [0.2, 0.25) is 0 Å². The van der Waals surface area contributed by atoms with Crippen molar-refractivity contribution >= 4 is 18.0 Å². The number of benzene rings is 2. The maximum Gasteiger partial charge on any atom is 0.150 e. The van der Waals surface area contributed by atoms with Crippen LogP contribution in [-0.2, 0) is 4.74 Å². The fourth-order valence-corrected chi connectivity index (χ4v) is 3.55. The largest absolute Gasteiger partial charge is 0.381 e. The SMILES string of the molecule is CCOCCSc1cc(C)c(-c2cccc(C=O)c2)c(C)c1. The summed E-state index contributed by atoms with van der Waals surface area (Å²) < 4.78 is 5.38. The van der Waals surface area contributed by atoms with Gasteiger partial charge in [0.25, 0.3) is 0 Å². The molecule has 0 amide bonds. The number of hydrogen-bond donors (Lipinski definition) is 0. The van der Waals surface area contributed by atoms with Gasteiger partial charge in [-0.15, -0.1) is 11.8 Å². The van der Waals surface area contributed by atoms with Gasteiger partial charge < -0.3 is 4.74 Å². The lowest BCUT2D eigenvalue weighted by Gasteiger charge is -2.13. The van der Waals surface area contributed by atoms with E-state index in [4.69, 9.17) is 4.74 Å². The van der Waals surface area contributed by atoms with Crippen LogP contribution in [0, 0.1) is 13.8 Å². The fourth-order valence-electron chi connectivity index (χ4n) is 2.59. The van der Waals surface area contributed by atoms with Gasteiger partial charge in [0.1, 0.15) is 6.29 Å². The molecular formula is C19H22O2S. The standard InChI is InChI=1S/C19H22O2S/c1-4-21-8-9-22-18-10-14(2)19(15(3)11-18)17-7-5-6-16(12-17)13-20/h5-7,10-13H,4,8-9H2,1-3H3. The van der Waals surface area contributed by atoms with E-state index in [0.29, 0.717) is 5.56 Å². The van der Waals surface area contributed by atoms with Crippen LogP contribution in [0.3, 0.4) is 0 Å². The number of aldehydes is 1. The molecule has 0 saturated carbocycles. The molecule has 0 aliphatic rings. The fraction of sp³-hybridized carbons (Fsp3) is 0.316. The molecule has 2 nitrogen and oxygen atoms in total. The molecule has 2 aromatic carbocycles. The average Bonchev–Trinajstić information content (AvgIpc) is 2.51. The summed E-state index contributed by atoms with van der Waals surface area (Å²) in [6, 6.07) is 12.2. The number of carbonyl (C=O) groups excluding carboxylic acids is 1. The molecule has 2 rings (SSSR count). The molecule has 0 N–H and O–H groups in total. The second-order valence-electron chi connectivity index (χ2n) is 5.22. The van der Waals surface area contributed by atoms with Crippen LogP contribution in [0.15, 0.2) is 41.3 Å². The van der Waals surface area contributed by atoms with Gasteiger partial charge in [0.15, 0.2) is 0 Å². The Balaban J connectivity index is 2.24. The zero-order valence-corrected chi connectivity index (χ0v) is 14.2. The number of thioether (sulfide) groups is 1. The Hall–Kier alpha value is -1.58. The second-order valence-corrected chi connectivity index (χ2v) is 6.39. The van der Waals surface area contributed by atoms with Crippen LogP contribution >= 0.6 is 11.8 Å². The summed E-state index contributed by atoms with van der Waals surface area (Å²) in [5.41, 5.74) is 5.51. The summed E-state index contributed by atoms with van der Waals surface area (Å²) in [5.74, 6) is 0.965. The third kappa shape index (κ3) is 4.21.